The van der Waals surface area contributed by atoms with Crippen LogP contribution in [0.15, 0.2) is 53.4 Å². The normalized spacial score (nSPS) is 14.6. The van der Waals surface area contributed by atoms with Gasteiger partial charge in [-0.25, -0.2) is 13.1 Å². The minimum absolute atomic E-state index is 0.0334. The molecule has 2 N–H and O–H groups in total. The molecule has 0 saturated carbocycles. The monoisotopic (exact) mass is 415 g/mol. The van der Waals surface area contributed by atoms with Crippen molar-refractivity contribution in [3.63, 3.8) is 0 Å². The zero-order valence-electron chi connectivity index (χ0n) is 15.7. The molecule has 0 fully saturated rings. The molecule has 154 valence electrons. The number of aliphatic hydroxyl groups excluding tert-OH is 1. The Kier molecular flexibility index (Phi) is 7.25. The second-order valence-corrected chi connectivity index (χ2v) is 8.48. The number of hydrogen-bond donors (Lipinski definition) is 2. The quantitative estimate of drug-likeness (QED) is 0.663. The van der Waals surface area contributed by atoms with E-state index >= 15 is 0 Å². The van der Waals surface area contributed by atoms with Crippen molar-refractivity contribution in [2.45, 2.75) is 56.3 Å². The van der Waals surface area contributed by atoms with Crippen LogP contribution in [0.5, 0.6) is 0 Å². The fraction of sp³-hybridized carbons (Fsp3) is 0.400. The van der Waals surface area contributed by atoms with E-state index in [0.717, 1.165) is 12.1 Å². The molecular weight excluding hydrogens is 391 g/mol. The second-order valence-electron chi connectivity index (χ2n) is 6.76. The Hall–Kier alpha value is -1.90. The molecule has 0 aliphatic rings. The Morgan fingerprint density at radius 1 is 1.04 bits per heavy atom. The summed E-state index contributed by atoms with van der Waals surface area (Å²) in [7, 11) is -3.76. The summed E-state index contributed by atoms with van der Waals surface area (Å²) in [5.41, 5.74) is 0.0873. The molecule has 28 heavy (non-hydrogen) atoms. The average Bonchev–Trinajstić information content (AvgIpc) is 2.65. The topological polar surface area (TPSA) is 66.4 Å². The number of hydrogen-bond acceptors (Lipinski definition) is 3. The number of rotatable bonds is 8. The summed E-state index contributed by atoms with van der Waals surface area (Å²) in [6.45, 7) is 3.57. The van der Waals surface area contributed by atoms with E-state index in [-0.39, 0.29) is 10.9 Å². The maximum Gasteiger partial charge on any atom is 0.416 e. The van der Waals surface area contributed by atoms with Gasteiger partial charge in [0.15, 0.2) is 0 Å². The fourth-order valence-corrected chi connectivity index (χ4v) is 4.02. The first kappa shape index (κ1) is 22.4. The van der Waals surface area contributed by atoms with Crippen LogP contribution < -0.4 is 4.72 Å². The van der Waals surface area contributed by atoms with Crippen LogP contribution in [0, 0.1) is 0 Å². The zero-order valence-corrected chi connectivity index (χ0v) is 16.5. The third-order valence-electron chi connectivity index (χ3n) is 4.45. The van der Waals surface area contributed by atoms with Crippen LogP contribution >= 0.6 is 0 Å². The molecule has 0 bridgehead atoms. The van der Waals surface area contributed by atoms with Gasteiger partial charge in [0.05, 0.1) is 16.6 Å². The largest absolute Gasteiger partial charge is 0.416 e. The summed E-state index contributed by atoms with van der Waals surface area (Å²) in [5, 5.41) is 9.58. The van der Waals surface area contributed by atoms with Gasteiger partial charge in [-0.3, -0.25) is 0 Å². The number of sulfonamides is 1. The average molecular weight is 415 g/mol. The molecule has 0 heterocycles. The number of nitrogens with one attached hydrogen (secondary N) is 1. The fourth-order valence-electron chi connectivity index (χ4n) is 2.74. The summed E-state index contributed by atoms with van der Waals surface area (Å²) < 4.78 is 66.1. The summed E-state index contributed by atoms with van der Waals surface area (Å²) >= 11 is 0. The maximum absolute atomic E-state index is 12.9. The van der Waals surface area contributed by atoms with E-state index in [4.69, 9.17) is 0 Å². The van der Waals surface area contributed by atoms with Gasteiger partial charge < -0.3 is 5.11 Å². The van der Waals surface area contributed by atoms with Crippen LogP contribution in [-0.4, -0.2) is 25.7 Å². The van der Waals surface area contributed by atoms with E-state index in [0.29, 0.717) is 30.4 Å². The Balaban J connectivity index is 2.13. The molecular formula is C20H24F3NO3S. The molecule has 2 aromatic rings. The summed E-state index contributed by atoms with van der Waals surface area (Å²) in [5.74, 6) is 0. The van der Waals surface area contributed by atoms with Crippen molar-refractivity contribution >= 4 is 10.0 Å². The van der Waals surface area contributed by atoms with Crippen LogP contribution in [0.25, 0.3) is 11.1 Å². The number of alkyl halides is 3. The SMILES string of the molecule is CCC(O)CCC(C)NS(=O)(=O)c1ccc(-c2cccc(C(F)(F)F)c2)cc1. The molecule has 8 heteroatoms. The van der Waals surface area contributed by atoms with Crippen molar-refractivity contribution in [1.29, 1.82) is 0 Å². The van der Waals surface area contributed by atoms with Crippen molar-refractivity contribution in [1.82, 2.24) is 4.72 Å². The first-order chi connectivity index (χ1) is 13.0. The molecule has 2 atom stereocenters. The molecule has 0 amide bonds. The van der Waals surface area contributed by atoms with Gasteiger partial charge in [-0.05, 0) is 61.6 Å². The minimum atomic E-state index is -4.44. The van der Waals surface area contributed by atoms with E-state index in [2.05, 4.69) is 4.72 Å². The van der Waals surface area contributed by atoms with E-state index in [9.17, 15) is 26.7 Å². The highest BCUT2D eigenvalue weighted by Crippen LogP contribution is 2.32. The molecule has 0 saturated heterocycles. The lowest BCUT2D eigenvalue weighted by Crippen LogP contribution is -2.33. The Labute approximate surface area is 163 Å². The third-order valence-corrected chi connectivity index (χ3v) is 6.05. The van der Waals surface area contributed by atoms with Crippen LogP contribution in [0.1, 0.15) is 38.7 Å². The zero-order chi connectivity index (χ0) is 20.9. The third kappa shape index (κ3) is 6.05. The number of halogens is 3. The number of aliphatic hydroxyl groups is 1. The summed E-state index contributed by atoms with van der Waals surface area (Å²) in [6.07, 6.45) is -3.30. The van der Waals surface area contributed by atoms with E-state index in [1.165, 1.54) is 36.4 Å². The molecule has 0 radical (unpaired) electrons. The van der Waals surface area contributed by atoms with Crippen molar-refractivity contribution in [3.8, 4) is 11.1 Å². The Morgan fingerprint density at radius 2 is 1.68 bits per heavy atom. The van der Waals surface area contributed by atoms with Crippen LogP contribution in [0.2, 0.25) is 0 Å². The van der Waals surface area contributed by atoms with Crippen molar-refractivity contribution < 1.29 is 26.7 Å². The maximum atomic E-state index is 12.9. The molecule has 0 aliphatic carbocycles. The Morgan fingerprint density at radius 3 is 2.25 bits per heavy atom. The first-order valence-electron chi connectivity index (χ1n) is 9.01. The smallest absolute Gasteiger partial charge is 0.393 e. The molecule has 0 aromatic heterocycles. The summed E-state index contributed by atoms with van der Waals surface area (Å²) in [4.78, 5) is 0.0334. The minimum Gasteiger partial charge on any atom is -0.393 e. The molecule has 4 nitrogen and oxygen atoms in total. The van der Waals surface area contributed by atoms with E-state index in [1.54, 1.807) is 6.92 Å². The van der Waals surface area contributed by atoms with Gasteiger partial charge in [0.1, 0.15) is 0 Å². The van der Waals surface area contributed by atoms with Crippen molar-refractivity contribution in [2.24, 2.45) is 0 Å². The van der Waals surface area contributed by atoms with Gasteiger partial charge in [0.2, 0.25) is 10.0 Å². The number of benzene rings is 2. The van der Waals surface area contributed by atoms with Gasteiger partial charge in [0.25, 0.3) is 0 Å². The second kappa shape index (κ2) is 9.07. The van der Waals surface area contributed by atoms with E-state index in [1.807, 2.05) is 6.92 Å². The highest BCUT2D eigenvalue weighted by molar-refractivity contribution is 7.89. The molecule has 2 unspecified atom stereocenters. The molecule has 0 spiro atoms. The lowest BCUT2D eigenvalue weighted by molar-refractivity contribution is -0.137. The molecule has 2 aromatic carbocycles. The lowest BCUT2D eigenvalue weighted by Gasteiger charge is -2.16. The van der Waals surface area contributed by atoms with Gasteiger partial charge in [-0.1, -0.05) is 31.2 Å². The van der Waals surface area contributed by atoms with Crippen LogP contribution in [0.4, 0.5) is 13.2 Å². The van der Waals surface area contributed by atoms with Gasteiger partial charge in [-0.15, -0.1) is 0 Å². The predicted molar refractivity (Wildman–Crippen MR) is 102 cm³/mol. The van der Waals surface area contributed by atoms with Crippen molar-refractivity contribution in [3.05, 3.63) is 54.1 Å². The van der Waals surface area contributed by atoms with E-state index < -0.39 is 27.9 Å². The van der Waals surface area contributed by atoms with Gasteiger partial charge in [0, 0.05) is 6.04 Å². The van der Waals surface area contributed by atoms with Gasteiger partial charge in [-0.2, -0.15) is 13.2 Å². The highest BCUT2D eigenvalue weighted by atomic mass is 32.2. The Bertz CT molecular complexity index is 880. The first-order valence-corrected chi connectivity index (χ1v) is 10.5. The highest BCUT2D eigenvalue weighted by Gasteiger charge is 2.30. The predicted octanol–water partition coefficient (Wildman–Crippen LogP) is 4.59. The van der Waals surface area contributed by atoms with Gasteiger partial charge >= 0.3 is 6.18 Å². The van der Waals surface area contributed by atoms with Crippen molar-refractivity contribution in [2.75, 3.05) is 0 Å². The standard InChI is InChI=1S/C20H24F3NO3S/c1-3-18(25)10-7-14(2)24-28(26,27)19-11-8-15(9-12-19)16-5-4-6-17(13-16)20(21,22)23/h4-6,8-9,11-14,18,24-25H,3,7,10H2,1-2H3. The lowest BCUT2D eigenvalue weighted by atomic mass is 10.0. The van der Waals surface area contributed by atoms with Crippen LogP contribution in [-0.2, 0) is 16.2 Å². The molecule has 0 aliphatic heterocycles. The summed E-state index contributed by atoms with van der Waals surface area (Å²) in [6, 6.07) is 10.2. The molecule has 2 rings (SSSR count). The van der Waals surface area contributed by atoms with Crippen LogP contribution in [0.3, 0.4) is 0 Å².